The van der Waals surface area contributed by atoms with Crippen molar-refractivity contribution in [3.05, 3.63) is 0 Å². The van der Waals surface area contributed by atoms with Crippen molar-refractivity contribution >= 4 is 23.6 Å². The molecule has 0 bridgehead atoms. The number of hydrogen-bond donors (Lipinski definition) is 2. The molecule has 0 aromatic heterocycles. The zero-order valence-corrected chi connectivity index (χ0v) is 9.84. The summed E-state index contributed by atoms with van der Waals surface area (Å²) in [4.78, 5) is 22.5. The number of carbonyl (C=O) groups is 2. The van der Waals surface area contributed by atoms with E-state index in [0.717, 1.165) is 17.9 Å². The van der Waals surface area contributed by atoms with Gasteiger partial charge in [0.1, 0.15) is 6.04 Å². The monoisotopic (exact) mass is 231 g/mol. The number of rotatable bonds is 4. The van der Waals surface area contributed by atoms with Gasteiger partial charge in [-0.3, -0.25) is 4.79 Å². The van der Waals surface area contributed by atoms with E-state index in [-0.39, 0.29) is 17.7 Å². The summed E-state index contributed by atoms with van der Waals surface area (Å²) >= 11 is 1.75. The summed E-state index contributed by atoms with van der Waals surface area (Å²) in [5.74, 6) is 0.662. The van der Waals surface area contributed by atoms with Crippen LogP contribution >= 0.6 is 11.8 Å². The number of thioether (sulfide) groups is 1. The number of carbonyl (C=O) groups excluding carboxylic acids is 1. The Bertz CT molecular complexity index is 249. The van der Waals surface area contributed by atoms with Crippen LogP contribution in [0.5, 0.6) is 0 Å². The van der Waals surface area contributed by atoms with Gasteiger partial charge in [-0.05, 0) is 18.1 Å². The predicted octanol–water partition coefficient (Wildman–Crippen LogP) is 0.965. The number of amides is 1. The molecule has 5 heteroatoms. The van der Waals surface area contributed by atoms with Gasteiger partial charge in [0.05, 0.1) is 0 Å². The molecule has 1 aliphatic rings. The minimum atomic E-state index is -0.955. The fraction of sp³-hybridized carbons (Fsp3) is 0.800. The largest absolute Gasteiger partial charge is 0.480 e. The third-order valence-electron chi connectivity index (χ3n) is 2.53. The van der Waals surface area contributed by atoms with Crippen molar-refractivity contribution in [2.75, 3.05) is 11.5 Å². The molecule has 1 amide bonds. The highest BCUT2D eigenvalue weighted by atomic mass is 32.2. The zero-order valence-electron chi connectivity index (χ0n) is 9.03. The van der Waals surface area contributed by atoms with Gasteiger partial charge in [-0.1, -0.05) is 13.8 Å². The van der Waals surface area contributed by atoms with E-state index in [1.165, 1.54) is 0 Å². The van der Waals surface area contributed by atoms with Crippen LogP contribution in [0.15, 0.2) is 0 Å². The SMILES string of the molecule is CC(C)C(NC(=O)C1CCSC1)C(=O)O. The molecule has 1 aliphatic heterocycles. The molecule has 1 fully saturated rings. The first kappa shape index (κ1) is 12.4. The third-order valence-corrected chi connectivity index (χ3v) is 3.69. The molecule has 1 saturated heterocycles. The summed E-state index contributed by atoms with van der Waals surface area (Å²) in [5, 5.41) is 11.5. The smallest absolute Gasteiger partial charge is 0.326 e. The molecule has 0 aliphatic carbocycles. The highest BCUT2D eigenvalue weighted by Gasteiger charge is 2.29. The molecule has 4 nitrogen and oxygen atoms in total. The van der Waals surface area contributed by atoms with E-state index in [1.54, 1.807) is 25.6 Å². The van der Waals surface area contributed by atoms with Crippen LogP contribution in [-0.2, 0) is 9.59 Å². The van der Waals surface area contributed by atoms with Gasteiger partial charge in [-0.15, -0.1) is 0 Å². The molecule has 0 aromatic rings. The summed E-state index contributed by atoms with van der Waals surface area (Å²) in [6.45, 7) is 3.59. The summed E-state index contributed by atoms with van der Waals surface area (Å²) in [6.07, 6.45) is 0.862. The van der Waals surface area contributed by atoms with Gasteiger partial charge in [-0.25, -0.2) is 4.79 Å². The van der Waals surface area contributed by atoms with Crippen molar-refractivity contribution < 1.29 is 14.7 Å². The van der Waals surface area contributed by atoms with Crippen molar-refractivity contribution in [1.82, 2.24) is 5.32 Å². The van der Waals surface area contributed by atoms with Crippen LogP contribution in [0.1, 0.15) is 20.3 Å². The Kier molecular flexibility index (Phi) is 4.45. The fourth-order valence-corrected chi connectivity index (χ4v) is 2.75. The Balaban J connectivity index is 2.50. The fourth-order valence-electron chi connectivity index (χ4n) is 1.53. The maximum Gasteiger partial charge on any atom is 0.326 e. The Hall–Kier alpha value is -0.710. The number of carboxylic acids is 1. The average molecular weight is 231 g/mol. The molecular formula is C10H17NO3S. The lowest BCUT2D eigenvalue weighted by Crippen LogP contribution is -2.46. The lowest BCUT2D eigenvalue weighted by Gasteiger charge is -2.19. The second-order valence-corrected chi connectivity index (χ2v) is 5.28. The highest BCUT2D eigenvalue weighted by Crippen LogP contribution is 2.23. The lowest BCUT2D eigenvalue weighted by molar-refractivity contribution is -0.143. The lowest BCUT2D eigenvalue weighted by atomic mass is 10.0. The number of carboxylic acid groups (broad SMARTS) is 1. The predicted molar refractivity (Wildman–Crippen MR) is 59.8 cm³/mol. The molecular weight excluding hydrogens is 214 g/mol. The summed E-state index contributed by atoms with van der Waals surface area (Å²) in [6, 6.07) is -0.761. The first-order valence-electron chi connectivity index (χ1n) is 5.13. The molecule has 0 saturated carbocycles. The van der Waals surface area contributed by atoms with Gasteiger partial charge < -0.3 is 10.4 Å². The standard InChI is InChI=1S/C10H17NO3S/c1-6(2)8(10(13)14)11-9(12)7-3-4-15-5-7/h6-8H,3-5H2,1-2H3,(H,11,12)(H,13,14). The maximum atomic E-state index is 11.7. The topological polar surface area (TPSA) is 66.4 Å². The average Bonchev–Trinajstić information content (AvgIpc) is 2.65. The molecule has 2 unspecified atom stereocenters. The van der Waals surface area contributed by atoms with Crippen LogP contribution in [0.4, 0.5) is 0 Å². The first-order valence-corrected chi connectivity index (χ1v) is 6.28. The zero-order chi connectivity index (χ0) is 11.4. The van der Waals surface area contributed by atoms with Crippen LogP contribution in [0.2, 0.25) is 0 Å². The molecule has 86 valence electrons. The van der Waals surface area contributed by atoms with Crippen molar-refractivity contribution in [2.24, 2.45) is 11.8 Å². The maximum absolute atomic E-state index is 11.7. The molecule has 1 rings (SSSR count). The minimum Gasteiger partial charge on any atom is -0.480 e. The van der Waals surface area contributed by atoms with E-state index in [1.807, 2.05) is 0 Å². The molecule has 0 spiro atoms. The van der Waals surface area contributed by atoms with Gasteiger partial charge >= 0.3 is 5.97 Å². The Morgan fingerprint density at radius 3 is 2.53 bits per heavy atom. The van der Waals surface area contributed by atoms with Crippen LogP contribution in [0.25, 0.3) is 0 Å². The van der Waals surface area contributed by atoms with E-state index in [2.05, 4.69) is 5.32 Å². The minimum absolute atomic E-state index is 0.00407. The summed E-state index contributed by atoms with van der Waals surface area (Å²) < 4.78 is 0. The van der Waals surface area contributed by atoms with Gasteiger partial charge in [-0.2, -0.15) is 11.8 Å². The summed E-state index contributed by atoms with van der Waals surface area (Å²) in [7, 11) is 0. The van der Waals surface area contributed by atoms with E-state index in [9.17, 15) is 9.59 Å². The van der Waals surface area contributed by atoms with Crippen molar-refractivity contribution in [3.8, 4) is 0 Å². The van der Waals surface area contributed by atoms with E-state index in [0.29, 0.717) is 0 Å². The second-order valence-electron chi connectivity index (χ2n) is 4.13. The summed E-state index contributed by atoms with van der Waals surface area (Å²) in [5.41, 5.74) is 0. The van der Waals surface area contributed by atoms with Gasteiger partial charge in [0.2, 0.25) is 5.91 Å². The first-order chi connectivity index (χ1) is 7.02. The molecule has 2 N–H and O–H groups in total. The van der Waals surface area contributed by atoms with Crippen molar-refractivity contribution in [1.29, 1.82) is 0 Å². The van der Waals surface area contributed by atoms with Crippen molar-refractivity contribution in [3.63, 3.8) is 0 Å². The second kappa shape index (κ2) is 5.39. The van der Waals surface area contributed by atoms with E-state index >= 15 is 0 Å². The van der Waals surface area contributed by atoms with Crippen molar-refractivity contribution in [2.45, 2.75) is 26.3 Å². The van der Waals surface area contributed by atoms with Crippen LogP contribution in [0.3, 0.4) is 0 Å². The normalized spacial score (nSPS) is 22.7. The molecule has 0 aromatic carbocycles. The molecule has 15 heavy (non-hydrogen) atoms. The highest BCUT2D eigenvalue weighted by molar-refractivity contribution is 7.99. The number of aliphatic carboxylic acids is 1. The molecule has 0 radical (unpaired) electrons. The van der Waals surface area contributed by atoms with Gasteiger partial charge in [0.25, 0.3) is 0 Å². The van der Waals surface area contributed by atoms with Crippen LogP contribution < -0.4 is 5.32 Å². The number of hydrogen-bond acceptors (Lipinski definition) is 3. The van der Waals surface area contributed by atoms with Gasteiger partial charge in [0.15, 0.2) is 0 Å². The Morgan fingerprint density at radius 1 is 1.47 bits per heavy atom. The number of nitrogens with one attached hydrogen (secondary N) is 1. The molecule has 1 heterocycles. The van der Waals surface area contributed by atoms with Crippen LogP contribution in [-0.4, -0.2) is 34.5 Å². The third kappa shape index (κ3) is 3.41. The Labute approximate surface area is 93.8 Å². The molecule has 2 atom stereocenters. The van der Waals surface area contributed by atoms with E-state index in [4.69, 9.17) is 5.11 Å². The van der Waals surface area contributed by atoms with E-state index < -0.39 is 12.0 Å². The van der Waals surface area contributed by atoms with Crippen LogP contribution in [0, 0.1) is 11.8 Å². The Morgan fingerprint density at radius 2 is 2.13 bits per heavy atom. The van der Waals surface area contributed by atoms with Gasteiger partial charge in [0, 0.05) is 11.7 Å². The quantitative estimate of drug-likeness (QED) is 0.756.